The Morgan fingerprint density at radius 2 is 1.83 bits per heavy atom. The molecular weight excluding hydrogens is 307 g/mol. The van der Waals surface area contributed by atoms with Gasteiger partial charge < -0.3 is 10.2 Å². The van der Waals surface area contributed by atoms with Crippen LogP contribution in [-0.4, -0.2) is 18.4 Å². The molecule has 0 bridgehead atoms. The van der Waals surface area contributed by atoms with Gasteiger partial charge in [0.1, 0.15) is 5.82 Å². The zero-order valence-corrected chi connectivity index (χ0v) is 14.1. The van der Waals surface area contributed by atoms with E-state index in [1.165, 1.54) is 25.1 Å². The second-order valence-electron chi connectivity index (χ2n) is 5.70. The van der Waals surface area contributed by atoms with Crippen LogP contribution in [0.1, 0.15) is 24.5 Å². The summed E-state index contributed by atoms with van der Waals surface area (Å²) in [6.45, 7) is 5.67. The highest BCUT2D eigenvalue weighted by atomic mass is 19.1. The molecule has 0 aromatic heterocycles. The van der Waals surface area contributed by atoms with Crippen LogP contribution in [0.15, 0.2) is 42.5 Å². The van der Waals surface area contributed by atoms with Crippen molar-refractivity contribution in [2.24, 2.45) is 0 Å². The summed E-state index contributed by atoms with van der Waals surface area (Å²) < 4.78 is 13.1. The van der Waals surface area contributed by atoms with Gasteiger partial charge in [0.25, 0.3) is 0 Å². The van der Waals surface area contributed by atoms with E-state index >= 15 is 0 Å². The van der Waals surface area contributed by atoms with Gasteiger partial charge in [-0.3, -0.25) is 9.59 Å². The van der Waals surface area contributed by atoms with Crippen molar-refractivity contribution >= 4 is 23.2 Å². The van der Waals surface area contributed by atoms with E-state index in [-0.39, 0.29) is 24.8 Å². The fraction of sp³-hybridized carbons (Fsp3) is 0.263. The number of carbonyl (C=O) groups is 2. The zero-order valence-electron chi connectivity index (χ0n) is 14.1. The molecule has 0 spiro atoms. The van der Waals surface area contributed by atoms with Crippen molar-refractivity contribution < 1.29 is 14.0 Å². The van der Waals surface area contributed by atoms with Crippen molar-refractivity contribution in [1.82, 2.24) is 0 Å². The number of nitrogens with zero attached hydrogens (tertiary/aromatic N) is 1. The number of aryl methyl sites for hydroxylation is 1. The minimum atomic E-state index is -0.409. The zero-order chi connectivity index (χ0) is 17.7. The van der Waals surface area contributed by atoms with Gasteiger partial charge in [0, 0.05) is 31.3 Å². The molecule has 0 unspecified atom stereocenters. The number of rotatable bonds is 5. The summed E-state index contributed by atoms with van der Waals surface area (Å²) in [5.41, 5.74) is 3.31. The number of benzene rings is 2. The van der Waals surface area contributed by atoms with Crippen molar-refractivity contribution in [3.8, 4) is 0 Å². The normalized spacial score (nSPS) is 10.3. The second kappa shape index (κ2) is 7.73. The third-order valence-corrected chi connectivity index (χ3v) is 3.92. The van der Waals surface area contributed by atoms with Crippen LogP contribution < -0.4 is 10.2 Å². The summed E-state index contributed by atoms with van der Waals surface area (Å²) in [4.78, 5) is 25.6. The van der Waals surface area contributed by atoms with Gasteiger partial charge in [-0.1, -0.05) is 18.2 Å². The van der Waals surface area contributed by atoms with E-state index in [4.69, 9.17) is 0 Å². The van der Waals surface area contributed by atoms with E-state index < -0.39 is 5.82 Å². The lowest BCUT2D eigenvalue weighted by Crippen LogP contribution is -2.32. The molecule has 0 saturated heterocycles. The van der Waals surface area contributed by atoms with Gasteiger partial charge >= 0.3 is 0 Å². The average molecular weight is 328 g/mol. The summed E-state index contributed by atoms with van der Waals surface area (Å²) in [7, 11) is 0. The number of amides is 2. The maximum atomic E-state index is 13.1. The summed E-state index contributed by atoms with van der Waals surface area (Å²) in [6.07, 6.45) is 0.128. The molecule has 2 amide bonds. The average Bonchev–Trinajstić information content (AvgIpc) is 2.51. The number of hydrogen-bond donors (Lipinski definition) is 1. The maximum absolute atomic E-state index is 13.1. The number of nitrogens with one attached hydrogen (secondary N) is 1. The molecule has 0 saturated carbocycles. The fourth-order valence-corrected chi connectivity index (χ4v) is 2.48. The lowest BCUT2D eigenvalue weighted by Gasteiger charge is -2.23. The van der Waals surface area contributed by atoms with Gasteiger partial charge in [0.05, 0.1) is 0 Å². The first kappa shape index (κ1) is 17.7. The number of carbonyl (C=O) groups excluding carboxylic acids is 2. The van der Waals surface area contributed by atoms with Crippen molar-refractivity contribution in [2.45, 2.75) is 27.2 Å². The largest absolute Gasteiger partial charge is 0.326 e. The standard InChI is InChI=1S/C19H21FN2O2/c1-13-6-4-9-18(14(13)2)22(15(3)23)11-10-19(24)21-17-8-5-7-16(20)12-17/h4-9,12H,10-11H2,1-3H3,(H,21,24). The Morgan fingerprint density at radius 1 is 1.12 bits per heavy atom. The first-order chi connectivity index (χ1) is 11.4. The van der Waals surface area contributed by atoms with Gasteiger partial charge in [0.15, 0.2) is 0 Å². The SMILES string of the molecule is CC(=O)N(CCC(=O)Nc1cccc(F)c1)c1cccc(C)c1C. The Labute approximate surface area is 141 Å². The van der Waals surface area contributed by atoms with Crippen molar-refractivity contribution in [3.63, 3.8) is 0 Å². The van der Waals surface area contributed by atoms with Crippen LogP contribution in [0.25, 0.3) is 0 Å². The molecule has 0 aliphatic heterocycles. The predicted octanol–water partition coefficient (Wildman–Crippen LogP) is 3.82. The Kier molecular flexibility index (Phi) is 5.68. The fourth-order valence-electron chi connectivity index (χ4n) is 2.48. The van der Waals surface area contributed by atoms with Crippen LogP contribution in [0.4, 0.5) is 15.8 Å². The van der Waals surface area contributed by atoms with Gasteiger partial charge in [-0.2, -0.15) is 0 Å². The van der Waals surface area contributed by atoms with E-state index in [9.17, 15) is 14.0 Å². The molecule has 0 aliphatic carbocycles. The lowest BCUT2D eigenvalue weighted by molar-refractivity contribution is -0.117. The maximum Gasteiger partial charge on any atom is 0.226 e. The summed E-state index contributed by atoms with van der Waals surface area (Å²) in [6, 6.07) is 11.5. The van der Waals surface area contributed by atoms with Crippen LogP contribution in [0.3, 0.4) is 0 Å². The Morgan fingerprint density at radius 3 is 2.50 bits per heavy atom. The number of hydrogen-bond acceptors (Lipinski definition) is 2. The van der Waals surface area contributed by atoms with Crippen LogP contribution in [0.5, 0.6) is 0 Å². The van der Waals surface area contributed by atoms with Gasteiger partial charge in [-0.05, 0) is 49.2 Å². The van der Waals surface area contributed by atoms with Gasteiger partial charge in [0.2, 0.25) is 11.8 Å². The molecule has 0 atom stereocenters. The first-order valence-electron chi connectivity index (χ1n) is 7.78. The minimum Gasteiger partial charge on any atom is -0.326 e. The molecule has 5 heteroatoms. The monoisotopic (exact) mass is 328 g/mol. The van der Waals surface area contributed by atoms with E-state index in [1.54, 1.807) is 11.0 Å². The molecule has 0 fully saturated rings. The Bertz CT molecular complexity index is 759. The molecule has 126 valence electrons. The third kappa shape index (κ3) is 4.41. The van der Waals surface area contributed by atoms with Crippen molar-refractivity contribution in [3.05, 3.63) is 59.4 Å². The molecule has 24 heavy (non-hydrogen) atoms. The minimum absolute atomic E-state index is 0.123. The van der Waals surface area contributed by atoms with Crippen LogP contribution in [-0.2, 0) is 9.59 Å². The van der Waals surface area contributed by atoms with Gasteiger partial charge in [-0.25, -0.2) is 4.39 Å². The highest BCUT2D eigenvalue weighted by Gasteiger charge is 2.16. The second-order valence-corrected chi connectivity index (χ2v) is 5.70. The molecular formula is C19H21FN2O2. The molecule has 4 nitrogen and oxygen atoms in total. The van der Waals surface area contributed by atoms with Crippen LogP contribution in [0, 0.1) is 19.7 Å². The highest BCUT2D eigenvalue weighted by Crippen LogP contribution is 2.23. The van der Waals surface area contributed by atoms with Crippen molar-refractivity contribution in [1.29, 1.82) is 0 Å². The van der Waals surface area contributed by atoms with Crippen molar-refractivity contribution in [2.75, 3.05) is 16.8 Å². The van der Waals surface area contributed by atoms with E-state index in [0.29, 0.717) is 5.69 Å². The first-order valence-corrected chi connectivity index (χ1v) is 7.78. The molecule has 1 N–H and O–H groups in total. The topological polar surface area (TPSA) is 49.4 Å². The Balaban J connectivity index is 2.05. The molecule has 0 aliphatic rings. The number of halogens is 1. The number of anilines is 2. The van der Waals surface area contributed by atoms with E-state index in [1.807, 2.05) is 32.0 Å². The quantitative estimate of drug-likeness (QED) is 0.907. The van der Waals surface area contributed by atoms with E-state index in [0.717, 1.165) is 16.8 Å². The summed E-state index contributed by atoms with van der Waals surface area (Å²) >= 11 is 0. The predicted molar refractivity (Wildman–Crippen MR) is 93.6 cm³/mol. The molecule has 2 aromatic carbocycles. The van der Waals surface area contributed by atoms with Gasteiger partial charge in [-0.15, -0.1) is 0 Å². The molecule has 2 rings (SSSR count). The highest BCUT2D eigenvalue weighted by molar-refractivity contribution is 5.95. The molecule has 0 heterocycles. The third-order valence-electron chi connectivity index (χ3n) is 3.92. The van der Waals surface area contributed by atoms with E-state index in [2.05, 4.69) is 5.32 Å². The van der Waals surface area contributed by atoms with Crippen LogP contribution >= 0.6 is 0 Å². The summed E-state index contributed by atoms with van der Waals surface area (Å²) in [5, 5.41) is 2.64. The Hall–Kier alpha value is -2.69. The smallest absolute Gasteiger partial charge is 0.226 e. The summed E-state index contributed by atoms with van der Waals surface area (Å²) in [5.74, 6) is -0.798. The molecule has 2 aromatic rings. The lowest BCUT2D eigenvalue weighted by atomic mass is 10.1. The van der Waals surface area contributed by atoms with Crippen LogP contribution in [0.2, 0.25) is 0 Å². The molecule has 0 radical (unpaired) electrons.